The number of carboxylic acids is 1. The van der Waals surface area contributed by atoms with E-state index < -0.39 is 11.4 Å². The molecule has 0 aliphatic carbocycles. The molecule has 0 saturated heterocycles. The fourth-order valence-electron chi connectivity index (χ4n) is 3.81. The van der Waals surface area contributed by atoms with Gasteiger partial charge >= 0.3 is 5.97 Å². The highest BCUT2D eigenvalue weighted by atomic mass is 32.1. The van der Waals surface area contributed by atoms with Crippen molar-refractivity contribution in [2.45, 2.75) is 26.3 Å². The van der Waals surface area contributed by atoms with Crippen LogP contribution in [0.25, 0.3) is 21.8 Å². The molecule has 28 heavy (non-hydrogen) atoms. The van der Waals surface area contributed by atoms with Gasteiger partial charge in [-0.3, -0.25) is 4.79 Å². The molecule has 0 fully saturated rings. The lowest BCUT2D eigenvalue weighted by atomic mass is 9.86. The van der Waals surface area contributed by atoms with Gasteiger partial charge in [0.15, 0.2) is 5.43 Å². The molecule has 4 rings (SSSR count). The first kappa shape index (κ1) is 18.4. The monoisotopic (exact) mass is 396 g/mol. The van der Waals surface area contributed by atoms with Gasteiger partial charge < -0.3 is 14.4 Å². The molecule has 7 heteroatoms. The minimum absolute atomic E-state index is 0.0544. The van der Waals surface area contributed by atoms with Crippen molar-refractivity contribution in [1.29, 1.82) is 0 Å². The van der Waals surface area contributed by atoms with E-state index in [9.17, 15) is 14.7 Å². The van der Waals surface area contributed by atoms with E-state index in [1.54, 1.807) is 24.6 Å². The van der Waals surface area contributed by atoms with Gasteiger partial charge in [-0.15, -0.1) is 11.3 Å². The van der Waals surface area contributed by atoms with Crippen LogP contribution in [0.5, 0.6) is 5.75 Å². The zero-order valence-electron chi connectivity index (χ0n) is 15.8. The quantitative estimate of drug-likeness (QED) is 0.718. The number of benzene rings is 1. The molecule has 6 nitrogen and oxygen atoms in total. The molecule has 1 N–H and O–H groups in total. The van der Waals surface area contributed by atoms with Crippen LogP contribution < -0.4 is 10.2 Å². The number of methoxy groups -OCH3 is 1. The Balaban J connectivity index is 1.99. The van der Waals surface area contributed by atoms with Crippen LogP contribution in [-0.4, -0.2) is 27.7 Å². The predicted molar refractivity (Wildman–Crippen MR) is 108 cm³/mol. The highest BCUT2D eigenvalue weighted by molar-refractivity contribution is 7.13. The Morgan fingerprint density at radius 3 is 2.71 bits per heavy atom. The molecule has 3 heterocycles. The summed E-state index contributed by atoms with van der Waals surface area (Å²) >= 11 is 1.54. The highest BCUT2D eigenvalue weighted by Crippen LogP contribution is 2.43. The van der Waals surface area contributed by atoms with Crippen LogP contribution in [0.3, 0.4) is 0 Å². The van der Waals surface area contributed by atoms with Gasteiger partial charge in [-0.05, 0) is 30.0 Å². The SMILES string of the molecule is COc1cc2c(cc1-c1nccs1)CC(C(C)C)n1cc(C(=O)O)c(=O)cc1-2. The van der Waals surface area contributed by atoms with Crippen LogP contribution in [0.15, 0.2) is 40.8 Å². The molecule has 1 atom stereocenters. The molecule has 0 bridgehead atoms. The Labute approximate surface area is 166 Å². The summed E-state index contributed by atoms with van der Waals surface area (Å²) in [7, 11) is 1.61. The maximum atomic E-state index is 12.4. The topological polar surface area (TPSA) is 81.4 Å². The number of thiazole rings is 1. The highest BCUT2D eigenvalue weighted by Gasteiger charge is 2.29. The summed E-state index contributed by atoms with van der Waals surface area (Å²) in [4.78, 5) is 28.3. The Morgan fingerprint density at radius 1 is 1.32 bits per heavy atom. The largest absolute Gasteiger partial charge is 0.496 e. The fraction of sp³-hybridized carbons (Fsp3) is 0.286. The number of pyridine rings is 1. The lowest BCUT2D eigenvalue weighted by molar-refractivity contribution is 0.0694. The average Bonchev–Trinajstić information content (AvgIpc) is 3.20. The fourth-order valence-corrected chi connectivity index (χ4v) is 4.46. The van der Waals surface area contributed by atoms with Crippen LogP contribution in [0.2, 0.25) is 0 Å². The summed E-state index contributed by atoms with van der Waals surface area (Å²) in [6.07, 6.45) is 3.98. The summed E-state index contributed by atoms with van der Waals surface area (Å²) in [5.74, 6) is -0.259. The van der Waals surface area contributed by atoms with E-state index in [-0.39, 0.29) is 17.5 Å². The molecule has 3 aromatic rings. The molecule has 2 aromatic heterocycles. The standard InChI is InChI=1S/C21H20N2O4S/c1-11(2)16-7-12-6-14(20-22-4-5-28-20)19(27-3)8-13(12)17-9-18(24)15(21(25)26)10-23(16)17/h4-6,8-11,16H,7H2,1-3H3,(H,25,26). The Kier molecular flexibility index (Phi) is 4.55. The van der Waals surface area contributed by atoms with Crippen molar-refractivity contribution in [2.75, 3.05) is 7.11 Å². The Hall–Kier alpha value is -2.93. The third kappa shape index (κ3) is 2.92. The minimum atomic E-state index is -1.20. The van der Waals surface area contributed by atoms with E-state index in [0.717, 1.165) is 33.8 Å². The Bertz CT molecular complexity index is 1120. The van der Waals surface area contributed by atoms with Gasteiger partial charge in [0.25, 0.3) is 0 Å². The van der Waals surface area contributed by atoms with Gasteiger partial charge in [-0.25, -0.2) is 9.78 Å². The van der Waals surface area contributed by atoms with E-state index in [4.69, 9.17) is 4.74 Å². The van der Waals surface area contributed by atoms with Gasteiger partial charge in [-0.1, -0.05) is 13.8 Å². The average molecular weight is 396 g/mol. The molecular formula is C21H20N2O4S. The first-order chi connectivity index (χ1) is 13.4. The number of aromatic nitrogens is 2. The summed E-state index contributed by atoms with van der Waals surface area (Å²) in [6, 6.07) is 5.49. The molecule has 0 saturated carbocycles. The minimum Gasteiger partial charge on any atom is -0.496 e. The number of carboxylic acid groups (broad SMARTS) is 1. The van der Waals surface area contributed by atoms with Crippen LogP contribution in [0.4, 0.5) is 0 Å². The molecule has 0 radical (unpaired) electrons. The van der Waals surface area contributed by atoms with Crippen molar-refractivity contribution in [3.05, 3.63) is 57.3 Å². The van der Waals surface area contributed by atoms with E-state index in [0.29, 0.717) is 5.75 Å². The second-order valence-electron chi connectivity index (χ2n) is 7.21. The summed E-state index contributed by atoms with van der Waals surface area (Å²) in [5.41, 5.74) is 2.95. The normalized spacial score (nSPS) is 15.2. The third-order valence-electron chi connectivity index (χ3n) is 5.23. The number of aromatic carboxylic acids is 1. The third-order valence-corrected chi connectivity index (χ3v) is 6.04. The molecule has 144 valence electrons. The van der Waals surface area contributed by atoms with Crippen molar-refractivity contribution in [3.8, 4) is 27.6 Å². The van der Waals surface area contributed by atoms with E-state index in [1.807, 2.05) is 16.0 Å². The molecule has 0 spiro atoms. The number of ether oxygens (including phenoxy) is 1. The maximum absolute atomic E-state index is 12.4. The maximum Gasteiger partial charge on any atom is 0.341 e. The van der Waals surface area contributed by atoms with Crippen LogP contribution >= 0.6 is 11.3 Å². The number of nitrogens with zero attached hydrogens (tertiary/aromatic N) is 2. The lowest BCUT2D eigenvalue weighted by Gasteiger charge is -2.33. The molecule has 0 amide bonds. The lowest BCUT2D eigenvalue weighted by Crippen LogP contribution is -2.28. The van der Waals surface area contributed by atoms with E-state index in [2.05, 4.69) is 24.9 Å². The van der Waals surface area contributed by atoms with E-state index >= 15 is 0 Å². The molecule has 1 aliphatic heterocycles. The number of carbonyl (C=O) groups is 1. The predicted octanol–water partition coefficient (Wildman–Crippen LogP) is 4.10. The van der Waals surface area contributed by atoms with Gasteiger partial charge in [0.05, 0.1) is 18.4 Å². The van der Waals surface area contributed by atoms with Crippen LogP contribution in [-0.2, 0) is 6.42 Å². The molecular weight excluding hydrogens is 376 g/mol. The zero-order chi connectivity index (χ0) is 20.0. The van der Waals surface area contributed by atoms with Gasteiger partial charge in [0, 0.05) is 35.4 Å². The number of hydrogen-bond acceptors (Lipinski definition) is 5. The first-order valence-electron chi connectivity index (χ1n) is 9.01. The molecule has 1 aromatic carbocycles. The van der Waals surface area contributed by atoms with Crippen molar-refractivity contribution in [1.82, 2.24) is 9.55 Å². The number of fused-ring (bicyclic) bond motifs is 3. The van der Waals surface area contributed by atoms with Crippen molar-refractivity contribution in [3.63, 3.8) is 0 Å². The summed E-state index contributed by atoms with van der Waals surface area (Å²) in [6.45, 7) is 4.20. The zero-order valence-corrected chi connectivity index (χ0v) is 16.6. The van der Waals surface area contributed by atoms with Crippen LogP contribution in [0, 0.1) is 5.92 Å². The Morgan fingerprint density at radius 2 is 2.11 bits per heavy atom. The second kappa shape index (κ2) is 6.91. The number of hydrogen-bond donors (Lipinski definition) is 1. The first-order valence-corrected chi connectivity index (χ1v) is 9.89. The van der Waals surface area contributed by atoms with E-state index in [1.165, 1.54) is 12.3 Å². The van der Waals surface area contributed by atoms with Gasteiger partial charge in [0.1, 0.15) is 16.3 Å². The van der Waals surface area contributed by atoms with Crippen LogP contribution in [0.1, 0.15) is 35.8 Å². The van der Waals surface area contributed by atoms with Crippen molar-refractivity contribution < 1.29 is 14.6 Å². The van der Waals surface area contributed by atoms with Gasteiger partial charge in [0.2, 0.25) is 0 Å². The smallest absolute Gasteiger partial charge is 0.341 e. The molecule has 1 aliphatic rings. The van der Waals surface area contributed by atoms with Gasteiger partial charge in [-0.2, -0.15) is 0 Å². The van der Waals surface area contributed by atoms with Crippen molar-refractivity contribution in [2.24, 2.45) is 5.92 Å². The summed E-state index contributed by atoms with van der Waals surface area (Å²) < 4.78 is 7.53. The number of rotatable bonds is 4. The molecule has 1 unspecified atom stereocenters. The summed E-state index contributed by atoms with van der Waals surface area (Å²) in [5, 5.41) is 12.2. The second-order valence-corrected chi connectivity index (χ2v) is 8.11. The van der Waals surface area contributed by atoms with Crippen molar-refractivity contribution >= 4 is 17.3 Å².